The minimum Gasteiger partial charge on any atom is -0.369 e. The van der Waals surface area contributed by atoms with E-state index in [1.54, 1.807) is 12.4 Å². The van der Waals surface area contributed by atoms with Crippen molar-refractivity contribution in [3.63, 3.8) is 0 Å². The first-order valence-electron chi connectivity index (χ1n) is 12.5. The van der Waals surface area contributed by atoms with E-state index in [2.05, 4.69) is 82.6 Å². The average Bonchev–Trinajstić information content (AvgIpc) is 3.38. The average molecular weight is 483 g/mol. The molecule has 2 aromatic carbocycles. The lowest BCUT2D eigenvalue weighted by Gasteiger charge is -2.31. The standard InChI is InChI=1S/C29H34N6O/c1-20(2)18-35(19-21(3)4)28-12-11-23(24-9-5-6-10-25(24)27-17-31-34-33-27)15-26(28)32-29(36)14-22-8-7-13-30-16-22/h5-13,15-16,20-21H,14,17-19H2,1-4H3,(H,32,36). The van der Waals surface area contributed by atoms with Gasteiger partial charge in [0.1, 0.15) is 6.54 Å². The van der Waals surface area contributed by atoms with Crippen LogP contribution in [0.1, 0.15) is 38.8 Å². The fourth-order valence-corrected chi connectivity index (χ4v) is 4.46. The SMILES string of the molecule is CC(C)CN(CC(C)C)c1ccc(-c2ccccc2C2=NN=NC2)cc1NC(=O)Cc1cccnc1. The number of carbonyl (C=O) groups is 1. The summed E-state index contributed by atoms with van der Waals surface area (Å²) >= 11 is 0. The predicted molar refractivity (Wildman–Crippen MR) is 147 cm³/mol. The molecule has 186 valence electrons. The van der Waals surface area contributed by atoms with E-state index in [-0.39, 0.29) is 12.3 Å². The third kappa shape index (κ3) is 6.42. The maximum atomic E-state index is 13.1. The molecule has 1 N–H and O–H groups in total. The van der Waals surface area contributed by atoms with Crippen LogP contribution in [0.5, 0.6) is 0 Å². The molecule has 0 atom stereocenters. The van der Waals surface area contributed by atoms with Gasteiger partial charge in [0.15, 0.2) is 0 Å². The first-order valence-corrected chi connectivity index (χ1v) is 12.5. The Kier molecular flexibility index (Phi) is 8.21. The van der Waals surface area contributed by atoms with Gasteiger partial charge in [-0.2, -0.15) is 5.11 Å². The second-order valence-corrected chi connectivity index (χ2v) is 9.99. The number of hydrogen-bond donors (Lipinski definition) is 1. The summed E-state index contributed by atoms with van der Waals surface area (Å²) in [4.78, 5) is 19.6. The van der Waals surface area contributed by atoms with Crippen molar-refractivity contribution in [3.8, 4) is 11.1 Å². The number of nitrogens with one attached hydrogen (secondary N) is 1. The Morgan fingerprint density at radius 1 is 0.972 bits per heavy atom. The summed E-state index contributed by atoms with van der Waals surface area (Å²) < 4.78 is 0. The van der Waals surface area contributed by atoms with Crippen LogP contribution in [-0.2, 0) is 11.2 Å². The Morgan fingerprint density at radius 2 is 1.72 bits per heavy atom. The molecule has 7 nitrogen and oxygen atoms in total. The maximum absolute atomic E-state index is 13.1. The number of aromatic nitrogens is 1. The Balaban J connectivity index is 1.73. The van der Waals surface area contributed by atoms with Gasteiger partial charge < -0.3 is 10.2 Å². The number of pyridine rings is 1. The van der Waals surface area contributed by atoms with Gasteiger partial charge in [-0.05, 0) is 51.9 Å². The Labute approximate surface area is 213 Å². The fraction of sp³-hybridized carbons (Fsp3) is 0.345. The molecule has 0 spiro atoms. The molecule has 0 unspecified atom stereocenters. The van der Waals surface area contributed by atoms with Gasteiger partial charge in [-0.1, -0.05) is 64.1 Å². The summed E-state index contributed by atoms with van der Waals surface area (Å²) in [5.41, 5.74) is 6.61. The zero-order valence-electron chi connectivity index (χ0n) is 21.5. The zero-order valence-corrected chi connectivity index (χ0v) is 21.5. The largest absolute Gasteiger partial charge is 0.369 e. The van der Waals surface area contributed by atoms with Crippen LogP contribution in [0.15, 0.2) is 82.4 Å². The van der Waals surface area contributed by atoms with Crippen LogP contribution in [0.3, 0.4) is 0 Å². The zero-order chi connectivity index (χ0) is 25.5. The number of benzene rings is 2. The summed E-state index contributed by atoms with van der Waals surface area (Å²) in [5, 5.41) is 15.2. The van der Waals surface area contributed by atoms with Crippen LogP contribution in [0.25, 0.3) is 11.1 Å². The van der Waals surface area contributed by atoms with Gasteiger partial charge in [0.2, 0.25) is 5.91 Å². The first-order chi connectivity index (χ1) is 17.4. The predicted octanol–water partition coefficient (Wildman–Crippen LogP) is 6.22. The third-order valence-corrected chi connectivity index (χ3v) is 5.87. The van der Waals surface area contributed by atoms with E-state index in [0.29, 0.717) is 18.4 Å². The minimum atomic E-state index is -0.0681. The van der Waals surface area contributed by atoms with Gasteiger partial charge in [-0.3, -0.25) is 9.78 Å². The van der Waals surface area contributed by atoms with E-state index >= 15 is 0 Å². The molecule has 3 aromatic rings. The quantitative estimate of drug-likeness (QED) is 0.372. The number of anilines is 2. The smallest absolute Gasteiger partial charge is 0.228 e. The summed E-state index contributed by atoms with van der Waals surface area (Å²) in [6.07, 6.45) is 3.71. The molecule has 0 bridgehead atoms. The molecule has 0 radical (unpaired) electrons. The van der Waals surface area contributed by atoms with Gasteiger partial charge in [0.05, 0.1) is 23.5 Å². The molecule has 1 aromatic heterocycles. The first kappa shape index (κ1) is 25.2. The van der Waals surface area contributed by atoms with Gasteiger partial charge >= 0.3 is 0 Å². The van der Waals surface area contributed by atoms with Crippen LogP contribution in [0.2, 0.25) is 0 Å². The highest BCUT2D eigenvalue weighted by molar-refractivity contribution is 6.08. The van der Waals surface area contributed by atoms with Crippen LogP contribution >= 0.6 is 0 Å². The summed E-state index contributed by atoms with van der Waals surface area (Å²) in [7, 11) is 0. The molecule has 1 aliphatic heterocycles. The van der Waals surface area contributed by atoms with Crippen LogP contribution < -0.4 is 10.2 Å². The lowest BCUT2D eigenvalue weighted by atomic mass is 9.95. The highest BCUT2D eigenvalue weighted by Gasteiger charge is 2.19. The van der Waals surface area contributed by atoms with Crippen LogP contribution in [-0.4, -0.2) is 36.2 Å². The molecule has 7 heteroatoms. The number of hydrogen-bond acceptors (Lipinski definition) is 6. The molecule has 0 aliphatic carbocycles. The Hall–Kier alpha value is -3.87. The molecule has 2 heterocycles. The molecule has 1 amide bonds. The van der Waals surface area contributed by atoms with Gasteiger partial charge in [-0.25, -0.2) is 0 Å². The van der Waals surface area contributed by atoms with E-state index in [1.807, 2.05) is 30.3 Å². The van der Waals surface area contributed by atoms with Crippen molar-refractivity contribution in [2.45, 2.75) is 34.1 Å². The minimum absolute atomic E-state index is 0.0681. The molecular weight excluding hydrogens is 448 g/mol. The van der Waals surface area contributed by atoms with Crippen molar-refractivity contribution < 1.29 is 4.79 Å². The van der Waals surface area contributed by atoms with Crippen molar-refractivity contribution >= 4 is 23.0 Å². The molecular formula is C29H34N6O. The molecule has 36 heavy (non-hydrogen) atoms. The Morgan fingerprint density at radius 3 is 2.36 bits per heavy atom. The fourth-order valence-electron chi connectivity index (χ4n) is 4.46. The highest BCUT2D eigenvalue weighted by atomic mass is 16.1. The van der Waals surface area contributed by atoms with Gasteiger partial charge in [0.25, 0.3) is 0 Å². The van der Waals surface area contributed by atoms with Crippen LogP contribution in [0.4, 0.5) is 11.4 Å². The van der Waals surface area contributed by atoms with Gasteiger partial charge in [0, 0.05) is 31.0 Å². The number of rotatable bonds is 10. The summed E-state index contributed by atoms with van der Waals surface area (Å²) in [6, 6.07) is 18.2. The molecule has 0 saturated carbocycles. The summed E-state index contributed by atoms with van der Waals surface area (Å²) in [6.45, 7) is 11.2. The molecule has 0 saturated heterocycles. The second-order valence-electron chi connectivity index (χ2n) is 9.99. The lowest BCUT2D eigenvalue weighted by Crippen LogP contribution is -2.32. The number of amides is 1. The lowest BCUT2D eigenvalue weighted by molar-refractivity contribution is -0.115. The Bertz CT molecular complexity index is 1240. The van der Waals surface area contributed by atoms with Crippen molar-refractivity contribution in [2.75, 3.05) is 29.9 Å². The topological polar surface area (TPSA) is 82.3 Å². The van der Waals surface area contributed by atoms with E-state index < -0.39 is 0 Å². The van der Waals surface area contributed by atoms with E-state index in [0.717, 1.165) is 52.4 Å². The monoisotopic (exact) mass is 482 g/mol. The van der Waals surface area contributed by atoms with Gasteiger partial charge in [-0.15, -0.1) is 5.10 Å². The van der Waals surface area contributed by atoms with E-state index in [9.17, 15) is 4.79 Å². The van der Waals surface area contributed by atoms with Crippen molar-refractivity contribution in [2.24, 2.45) is 27.3 Å². The molecule has 0 fully saturated rings. The number of nitrogens with zero attached hydrogens (tertiary/aromatic N) is 5. The van der Waals surface area contributed by atoms with Crippen molar-refractivity contribution in [3.05, 3.63) is 78.1 Å². The third-order valence-electron chi connectivity index (χ3n) is 5.87. The maximum Gasteiger partial charge on any atom is 0.228 e. The van der Waals surface area contributed by atoms with E-state index in [1.165, 1.54) is 0 Å². The van der Waals surface area contributed by atoms with Crippen molar-refractivity contribution in [1.29, 1.82) is 0 Å². The second kappa shape index (κ2) is 11.7. The van der Waals surface area contributed by atoms with Crippen molar-refractivity contribution in [1.82, 2.24) is 4.98 Å². The summed E-state index contributed by atoms with van der Waals surface area (Å²) in [5.74, 6) is 0.897. The molecule has 4 rings (SSSR count). The normalized spacial score (nSPS) is 12.8. The number of carbonyl (C=O) groups excluding carboxylic acids is 1. The highest BCUT2D eigenvalue weighted by Crippen LogP contribution is 2.34. The van der Waals surface area contributed by atoms with Crippen LogP contribution in [0, 0.1) is 11.8 Å². The molecule has 1 aliphatic rings. The van der Waals surface area contributed by atoms with E-state index in [4.69, 9.17) is 0 Å².